The molecule has 4 rings (SSSR count). The Balaban J connectivity index is 1.62. The van der Waals surface area contributed by atoms with Crippen LogP contribution < -0.4 is 5.32 Å². The smallest absolute Gasteiger partial charge is 0.322 e. The van der Waals surface area contributed by atoms with Crippen molar-refractivity contribution in [2.24, 2.45) is 10.6 Å². The van der Waals surface area contributed by atoms with Gasteiger partial charge in [-0.15, -0.1) is 0 Å². The average molecular weight is 449 g/mol. The molecule has 1 N–H and O–H groups in total. The Morgan fingerprint density at radius 1 is 1.06 bits per heavy atom. The Morgan fingerprint density at radius 2 is 1.73 bits per heavy atom. The van der Waals surface area contributed by atoms with E-state index in [1.165, 1.54) is 6.07 Å². The Labute approximate surface area is 189 Å². The minimum absolute atomic E-state index is 0.383. The maximum atomic E-state index is 13.9. The zero-order valence-corrected chi connectivity index (χ0v) is 18.3. The summed E-state index contributed by atoms with van der Waals surface area (Å²) in [7, 11) is 0. The minimum atomic E-state index is -0.931. The first-order valence-corrected chi connectivity index (χ1v) is 10.4. The van der Waals surface area contributed by atoms with Crippen molar-refractivity contribution in [3.63, 3.8) is 0 Å². The third-order valence-electron chi connectivity index (χ3n) is 5.54. The molecule has 1 aromatic heterocycles. The summed E-state index contributed by atoms with van der Waals surface area (Å²) in [5.74, 6) is -3.16. The summed E-state index contributed by atoms with van der Waals surface area (Å²) in [6.07, 6.45) is 2.34. The molecule has 2 aromatic carbocycles. The van der Waals surface area contributed by atoms with E-state index in [4.69, 9.17) is 4.84 Å². The highest BCUT2D eigenvalue weighted by Crippen LogP contribution is 2.33. The molecule has 0 bridgehead atoms. The van der Waals surface area contributed by atoms with Crippen LogP contribution in [0.2, 0.25) is 0 Å². The normalized spacial score (nSPS) is 14.6. The number of aromatic nitrogens is 1. The SMILES string of the molecule is CCc1ncc(C2=NOC(=O)C2(C)C)cc1-c1ccc(NC(=O)c2c(F)cccc2F)cc1. The number of nitrogens with one attached hydrogen (secondary N) is 1. The van der Waals surface area contributed by atoms with Crippen LogP contribution in [0.15, 0.2) is 59.9 Å². The molecule has 1 amide bonds. The zero-order valence-electron chi connectivity index (χ0n) is 18.3. The second kappa shape index (κ2) is 8.54. The van der Waals surface area contributed by atoms with E-state index in [-0.39, 0.29) is 0 Å². The van der Waals surface area contributed by atoms with Gasteiger partial charge in [0, 0.05) is 28.7 Å². The van der Waals surface area contributed by atoms with Crippen LogP contribution in [0, 0.1) is 17.0 Å². The molecule has 2 heterocycles. The number of hydrogen-bond donors (Lipinski definition) is 1. The molecule has 6 nitrogen and oxygen atoms in total. The molecule has 0 unspecified atom stereocenters. The lowest BCUT2D eigenvalue weighted by atomic mass is 9.84. The molecule has 8 heteroatoms. The van der Waals surface area contributed by atoms with E-state index in [0.29, 0.717) is 23.4 Å². The summed E-state index contributed by atoms with van der Waals surface area (Å²) in [4.78, 5) is 33.7. The van der Waals surface area contributed by atoms with E-state index in [0.717, 1.165) is 29.0 Å². The summed E-state index contributed by atoms with van der Waals surface area (Å²) in [5, 5.41) is 6.45. The molecular weight excluding hydrogens is 428 g/mol. The van der Waals surface area contributed by atoms with E-state index in [2.05, 4.69) is 15.5 Å². The van der Waals surface area contributed by atoms with E-state index in [1.807, 2.05) is 13.0 Å². The first-order chi connectivity index (χ1) is 15.7. The van der Waals surface area contributed by atoms with Crippen LogP contribution in [0.5, 0.6) is 0 Å². The number of aryl methyl sites for hydroxylation is 1. The van der Waals surface area contributed by atoms with Crippen molar-refractivity contribution >= 4 is 23.3 Å². The summed E-state index contributed by atoms with van der Waals surface area (Å²) < 4.78 is 27.7. The summed E-state index contributed by atoms with van der Waals surface area (Å²) in [6, 6.07) is 12.0. The van der Waals surface area contributed by atoms with Gasteiger partial charge in [0.05, 0.1) is 0 Å². The average Bonchev–Trinajstić information content (AvgIpc) is 3.06. The third kappa shape index (κ3) is 4.11. The second-order valence-electron chi connectivity index (χ2n) is 8.14. The number of carbonyl (C=O) groups excluding carboxylic acids is 2. The first kappa shape index (κ1) is 22.3. The van der Waals surface area contributed by atoms with Crippen molar-refractivity contribution in [1.29, 1.82) is 0 Å². The van der Waals surface area contributed by atoms with E-state index in [1.54, 1.807) is 44.3 Å². The van der Waals surface area contributed by atoms with Crippen LogP contribution in [0.25, 0.3) is 11.1 Å². The summed E-state index contributed by atoms with van der Waals surface area (Å²) >= 11 is 0. The number of halogens is 2. The number of amides is 1. The summed E-state index contributed by atoms with van der Waals surface area (Å²) in [5.41, 5.74) is 2.53. The van der Waals surface area contributed by atoms with Gasteiger partial charge in [-0.25, -0.2) is 13.6 Å². The van der Waals surface area contributed by atoms with Crippen LogP contribution in [0.4, 0.5) is 14.5 Å². The molecule has 33 heavy (non-hydrogen) atoms. The van der Waals surface area contributed by atoms with Gasteiger partial charge in [0.1, 0.15) is 28.3 Å². The standard InChI is InChI=1S/C25H21F2N3O3/c1-4-20-17(12-15(13-28-20)22-25(2,3)24(32)33-30-22)14-8-10-16(11-9-14)29-23(31)21-18(26)6-5-7-19(21)27/h5-13H,4H2,1-3H3,(H,29,31). The number of carbonyl (C=O) groups is 2. The number of pyridine rings is 1. The Hall–Kier alpha value is -3.94. The molecule has 0 spiro atoms. The Morgan fingerprint density at radius 3 is 2.30 bits per heavy atom. The van der Waals surface area contributed by atoms with Crippen molar-refractivity contribution in [3.8, 4) is 11.1 Å². The van der Waals surface area contributed by atoms with Crippen molar-refractivity contribution in [1.82, 2.24) is 4.98 Å². The highest BCUT2D eigenvalue weighted by molar-refractivity contribution is 6.17. The molecule has 3 aromatic rings. The Kier molecular flexibility index (Phi) is 5.76. The van der Waals surface area contributed by atoms with Crippen molar-refractivity contribution in [2.45, 2.75) is 27.2 Å². The van der Waals surface area contributed by atoms with Gasteiger partial charge < -0.3 is 10.2 Å². The number of hydrogen-bond acceptors (Lipinski definition) is 5. The lowest BCUT2D eigenvalue weighted by Gasteiger charge is -2.16. The number of nitrogens with zero attached hydrogens (tertiary/aromatic N) is 2. The van der Waals surface area contributed by atoms with Gasteiger partial charge >= 0.3 is 5.97 Å². The fraction of sp³-hybridized carbons (Fsp3) is 0.200. The van der Waals surface area contributed by atoms with Gasteiger partial charge in [-0.3, -0.25) is 9.78 Å². The maximum Gasteiger partial charge on any atom is 0.346 e. The second-order valence-corrected chi connectivity index (χ2v) is 8.14. The van der Waals surface area contributed by atoms with Gasteiger partial charge in [0.2, 0.25) is 0 Å². The number of anilines is 1. The van der Waals surface area contributed by atoms with Gasteiger partial charge in [-0.05, 0) is 56.2 Å². The molecule has 0 saturated heterocycles. The van der Waals surface area contributed by atoms with Gasteiger partial charge in [0.15, 0.2) is 0 Å². The van der Waals surface area contributed by atoms with E-state index >= 15 is 0 Å². The van der Waals surface area contributed by atoms with Crippen LogP contribution in [0.3, 0.4) is 0 Å². The number of benzene rings is 2. The van der Waals surface area contributed by atoms with Gasteiger partial charge in [0.25, 0.3) is 5.91 Å². The van der Waals surface area contributed by atoms with E-state index < -0.39 is 34.5 Å². The first-order valence-electron chi connectivity index (χ1n) is 10.4. The molecule has 0 radical (unpaired) electrons. The van der Waals surface area contributed by atoms with Crippen LogP contribution >= 0.6 is 0 Å². The number of rotatable bonds is 5. The minimum Gasteiger partial charge on any atom is -0.322 e. The topological polar surface area (TPSA) is 80.7 Å². The lowest BCUT2D eigenvalue weighted by molar-refractivity contribution is -0.146. The highest BCUT2D eigenvalue weighted by Gasteiger charge is 2.42. The molecule has 0 atom stereocenters. The molecule has 0 aliphatic carbocycles. The fourth-order valence-corrected chi connectivity index (χ4v) is 3.62. The monoisotopic (exact) mass is 449 g/mol. The molecule has 1 aliphatic rings. The van der Waals surface area contributed by atoms with E-state index in [9.17, 15) is 18.4 Å². The van der Waals surface area contributed by atoms with Crippen molar-refractivity contribution in [2.75, 3.05) is 5.32 Å². The largest absolute Gasteiger partial charge is 0.346 e. The zero-order chi connectivity index (χ0) is 23.8. The molecule has 1 aliphatic heterocycles. The lowest BCUT2D eigenvalue weighted by Crippen LogP contribution is -2.29. The highest BCUT2D eigenvalue weighted by atomic mass is 19.1. The predicted molar refractivity (Wildman–Crippen MR) is 120 cm³/mol. The van der Waals surface area contributed by atoms with Crippen molar-refractivity contribution in [3.05, 3.63) is 83.2 Å². The summed E-state index contributed by atoms with van der Waals surface area (Å²) in [6.45, 7) is 5.46. The van der Waals surface area contributed by atoms with Crippen LogP contribution in [-0.4, -0.2) is 22.6 Å². The van der Waals surface area contributed by atoms with Gasteiger partial charge in [-0.1, -0.05) is 30.3 Å². The number of oxime groups is 1. The quantitative estimate of drug-likeness (QED) is 0.548. The Bertz CT molecular complexity index is 1260. The van der Waals surface area contributed by atoms with Crippen molar-refractivity contribution < 1.29 is 23.2 Å². The molecule has 0 fully saturated rings. The molecule has 168 valence electrons. The molecule has 0 saturated carbocycles. The van der Waals surface area contributed by atoms with Crippen LogP contribution in [0.1, 0.15) is 42.4 Å². The van der Waals surface area contributed by atoms with Crippen LogP contribution in [-0.2, 0) is 16.1 Å². The predicted octanol–water partition coefficient (Wildman–Crippen LogP) is 5.13. The molecular formula is C25H21F2N3O3. The van der Waals surface area contributed by atoms with Gasteiger partial charge in [-0.2, -0.15) is 0 Å². The maximum absolute atomic E-state index is 13.9. The third-order valence-corrected chi connectivity index (χ3v) is 5.54. The fourth-order valence-electron chi connectivity index (χ4n) is 3.62.